The first kappa shape index (κ1) is 9.96. The third-order valence-corrected chi connectivity index (χ3v) is 2.45. The summed E-state index contributed by atoms with van der Waals surface area (Å²) < 4.78 is 0. The molecule has 72 valence electrons. The topological polar surface area (TPSA) is 9.72 Å². The van der Waals surface area contributed by atoms with E-state index in [1.807, 2.05) is 0 Å². The molecule has 0 N–H and O–H groups in total. The first-order valence-corrected chi connectivity index (χ1v) is 4.88. The van der Waals surface area contributed by atoms with Crippen LogP contribution in [0.3, 0.4) is 0 Å². The molecule has 0 atom stereocenters. The Morgan fingerprint density at radius 2 is 1.67 bits per heavy atom. The molecule has 1 aliphatic heterocycles. The second kappa shape index (κ2) is 4.80. The summed E-state index contributed by atoms with van der Waals surface area (Å²) in [5, 5.41) is 4.59. The normalized spacial score (nSPS) is 22.0. The average molecular weight is 171 g/mol. The van der Waals surface area contributed by atoms with Crippen molar-refractivity contribution in [1.29, 1.82) is 0 Å². The number of hydrazine groups is 1. The summed E-state index contributed by atoms with van der Waals surface area (Å²) in [7, 11) is 4.24. The summed E-state index contributed by atoms with van der Waals surface area (Å²) in [6, 6.07) is 0. The van der Waals surface area contributed by atoms with Crippen molar-refractivity contribution in [2.75, 3.05) is 46.8 Å². The first-order valence-electron chi connectivity index (χ1n) is 4.88. The van der Waals surface area contributed by atoms with Gasteiger partial charge in [-0.25, -0.2) is 10.0 Å². The van der Waals surface area contributed by atoms with Gasteiger partial charge in [0, 0.05) is 40.3 Å². The van der Waals surface area contributed by atoms with Crippen LogP contribution in [0.15, 0.2) is 0 Å². The Labute approximate surface area is 75.9 Å². The second-order valence-corrected chi connectivity index (χ2v) is 3.64. The van der Waals surface area contributed by atoms with Crippen LogP contribution in [0, 0.1) is 0 Å². The molecule has 0 saturated carbocycles. The third-order valence-electron chi connectivity index (χ3n) is 2.45. The lowest BCUT2D eigenvalue weighted by Crippen LogP contribution is -2.51. The van der Waals surface area contributed by atoms with Crippen LogP contribution in [0.5, 0.6) is 0 Å². The minimum absolute atomic E-state index is 1.19. The highest BCUT2D eigenvalue weighted by Gasteiger charge is 2.16. The van der Waals surface area contributed by atoms with Gasteiger partial charge >= 0.3 is 0 Å². The molecule has 1 rings (SSSR count). The number of hydrogen-bond acceptors (Lipinski definition) is 3. The highest BCUT2D eigenvalue weighted by Crippen LogP contribution is 2.02. The van der Waals surface area contributed by atoms with E-state index in [1.165, 1.54) is 39.1 Å². The van der Waals surface area contributed by atoms with Crippen LogP contribution < -0.4 is 0 Å². The largest absolute Gasteiger partial charge is 0.301 e. The Bertz CT molecular complexity index is 117. The smallest absolute Gasteiger partial charge is 0.0261 e. The van der Waals surface area contributed by atoms with Crippen molar-refractivity contribution in [3.63, 3.8) is 0 Å². The minimum Gasteiger partial charge on any atom is -0.301 e. The summed E-state index contributed by atoms with van der Waals surface area (Å²) in [6.45, 7) is 8.34. The first-order chi connectivity index (χ1) is 5.74. The van der Waals surface area contributed by atoms with E-state index in [0.29, 0.717) is 0 Å². The number of piperazine rings is 1. The fourth-order valence-electron chi connectivity index (χ4n) is 1.68. The molecule has 0 amide bonds. The minimum atomic E-state index is 1.19. The van der Waals surface area contributed by atoms with Gasteiger partial charge in [-0.1, -0.05) is 6.92 Å². The predicted molar refractivity (Wildman–Crippen MR) is 52.0 cm³/mol. The van der Waals surface area contributed by atoms with Gasteiger partial charge in [0.25, 0.3) is 0 Å². The molecule has 1 saturated heterocycles. The lowest BCUT2D eigenvalue weighted by atomic mass is 10.3. The SMILES string of the molecule is CCCN1CCN(N(C)C)CC1. The Morgan fingerprint density at radius 1 is 1.08 bits per heavy atom. The molecule has 3 heteroatoms. The molecule has 12 heavy (non-hydrogen) atoms. The van der Waals surface area contributed by atoms with Gasteiger partial charge in [-0.05, 0) is 13.0 Å². The van der Waals surface area contributed by atoms with Crippen molar-refractivity contribution in [1.82, 2.24) is 14.9 Å². The number of rotatable bonds is 3. The zero-order valence-electron chi connectivity index (χ0n) is 8.58. The fourth-order valence-corrected chi connectivity index (χ4v) is 1.68. The molecule has 0 radical (unpaired) electrons. The van der Waals surface area contributed by atoms with E-state index in [2.05, 4.69) is 35.9 Å². The van der Waals surface area contributed by atoms with E-state index in [1.54, 1.807) is 0 Å². The van der Waals surface area contributed by atoms with Crippen LogP contribution in [0.25, 0.3) is 0 Å². The molecular formula is C9H21N3. The van der Waals surface area contributed by atoms with Crippen LogP contribution in [0.2, 0.25) is 0 Å². The van der Waals surface area contributed by atoms with Gasteiger partial charge in [-0.2, -0.15) is 0 Å². The second-order valence-electron chi connectivity index (χ2n) is 3.64. The van der Waals surface area contributed by atoms with Crippen molar-refractivity contribution in [2.45, 2.75) is 13.3 Å². The lowest BCUT2D eigenvalue weighted by Gasteiger charge is -2.37. The molecule has 0 aromatic rings. The molecule has 1 aliphatic rings. The van der Waals surface area contributed by atoms with E-state index in [0.717, 1.165) is 0 Å². The lowest BCUT2D eigenvalue weighted by molar-refractivity contribution is -0.0185. The highest BCUT2D eigenvalue weighted by molar-refractivity contribution is 4.68. The molecule has 0 aromatic heterocycles. The van der Waals surface area contributed by atoms with Crippen LogP contribution in [-0.4, -0.2) is 61.7 Å². The van der Waals surface area contributed by atoms with Crippen molar-refractivity contribution < 1.29 is 0 Å². The molecule has 0 aliphatic carbocycles. The Kier molecular flexibility index (Phi) is 3.98. The average Bonchev–Trinajstić information content (AvgIpc) is 2.06. The zero-order chi connectivity index (χ0) is 8.97. The van der Waals surface area contributed by atoms with Crippen molar-refractivity contribution in [3.8, 4) is 0 Å². The Balaban J connectivity index is 2.20. The zero-order valence-corrected chi connectivity index (χ0v) is 8.58. The quantitative estimate of drug-likeness (QED) is 0.612. The van der Waals surface area contributed by atoms with Crippen molar-refractivity contribution >= 4 is 0 Å². The predicted octanol–water partition coefficient (Wildman–Crippen LogP) is 0.491. The van der Waals surface area contributed by atoms with Crippen molar-refractivity contribution in [2.24, 2.45) is 0 Å². The van der Waals surface area contributed by atoms with E-state index < -0.39 is 0 Å². The van der Waals surface area contributed by atoms with E-state index in [4.69, 9.17) is 0 Å². The summed E-state index contributed by atoms with van der Waals surface area (Å²) in [4.78, 5) is 2.54. The third kappa shape index (κ3) is 2.73. The van der Waals surface area contributed by atoms with Crippen LogP contribution in [0.4, 0.5) is 0 Å². The summed E-state index contributed by atoms with van der Waals surface area (Å²) in [5.41, 5.74) is 0. The molecule has 0 spiro atoms. The van der Waals surface area contributed by atoms with Gasteiger partial charge in [-0.15, -0.1) is 0 Å². The number of nitrogens with zero attached hydrogens (tertiary/aromatic N) is 3. The van der Waals surface area contributed by atoms with Crippen LogP contribution >= 0.6 is 0 Å². The van der Waals surface area contributed by atoms with Crippen molar-refractivity contribution in [3.05, 3.63) is 0 Å². The molecule has 0 unspecified atom stereocenters. The van der Waals surface area contributed by atoms with Gasteiger partial charge in [-0.3, -0.25) is 0 Å². The van der Waals surface area contributed by atoms with E-state index in [9.17, 15) is 0 Å². The molecule has 0 aromatic carbocycles. The monoisotopic (exact) mass is 171 g/mol. The maximum atomic E-state index is 2.54. The molecule has 1 heterocycles. The molecule has 0 bridgehead atoms. The van der Waals surface area contributed by atoms with Gasteiger partial charge in [0.2, 0.25) is 0 Å². The summed E-state index contributed by atoms with van der Waals surface area (Å²) in [5.74, 6) is 0. The molecular weight excluding hydrogens is 150 g/mol. The fraction of sp³-hybridized carbons (Fsp3) is 1.00. The highest BCUT2D eigenvalue weighted by atomic mass is 15.6. The van der Waals surface area contributed by atoms with E-state index in [-0.39, 0.29) is 0 Å². The van der Waals surface area contributed by atoms with Crippen LogP contribution in [0.1, 0.15) is 13.3 Å². The Hall–Kier alpha value is -0.120. The molecule has 3 nitrogen and oxygen atoms in total. The van der Waals surface area contributed by atoms with Gasteiger partial charge in [0.05, 0.1) is 0 Å². The van der Waals surface area contributed by atoms with E-state index >= 15 is 0 Å². The van der Waals surface area contributed by atoms with Gasteiger partial charge in [0.15, 0.2) is 0 Å². The molecule has 1 fully saturated rings. The van der Waals surface area contributed by atoms with Gasteiger partial charge < -0.3 is 4.90 Å². The van der Waals surface area contributed by atoms with Gasteiger partial charge in [0.1, 0.15) is 0 Å². The number of hydrogen-bond donors (Lipinski definition) is 0. The summed E-state index contributed by atoms with van der Waals surface area (Å²) >= 11 is 0. The standard InChI is InChI=1S/C9H21N3/c1-4-5-11-6-8-12(9-7-11)10(2)3/h4-9H2,1-3H3. The maximum absolute atomic E-state index is 2.54. The Morgan fingerprint density at radius 3 is 2.08 bits per heavy atom. The summed E-state index contributed by atoms with van der Waals surface area (Å²) in [6.07, 6.45) is 1.28. The van der Waals surface area contributed by atoms with Crippen LogP contribution in [-0.2, 0) is 0 Å². The maximum Gasteiger partial charge on any atom is 0.0261 e.